The summed E-state index contributed by atoms with van der Waals surface area (Å²) in [7, 11) is -3.41. The van der Waals surface area contributed by atoms with Gasteiger partial charge in [0.15, 0.2) is 0 Å². The predicted octanol–water partition coefficient (Wildman–Crippen LogP) is 1.74. The Balaban J connectivity index is 1.76. The number of morpholine rings is 1. The zero-order valence-corrected chi connectivity index (χ0v) is 15.5. The molecule has 1 aromatic carbocycles. The van der Waals surface area contributed by atoms with Crippen molar-refractivity contribution in [2.45, 2.75) is 24.2 Å². The third-order valence-corrected chi connectivity index (χ3v) is 6.95. The summed E-state index contributed by atoms with van der Waals surface area (Å²) in [5.74, 6) is 0.686. The molecule has 2 aliphatic rings. The molecule has 2 heterocycles. The van der Waals surface area contributed by atoms with Gasteiger partial charge in [0.2, 0.25) is 10.0 Å². The Morgan fingerprint density at radius 2 is 1.75 bits per heavy atom. The quantitative estimate of drug-likeness (QED) is 0.739. The molecule has 0 spiro atoms. The molecule has 0 bridgehead atoms. The zero-order valence-electron chi connectivity index (χ0n) is 13.9. The van der Waals surface area contributed by atoms with Gasteiger partial charge in [-0.2, -0.15) is 4.31 Å². The maximum absolute atomic E-state index is 12.8. The van der Waals surface area contributed by atoms with Gasteiger partial charge < -0.3 is 9.64 Å². The van der Waals surface area contributed by atoms with Crippen LogP contribution < -0.4 is 0 Å². The van der Waals surface area contributed by atoms with E-state index in [9.17, 15) is 8.42 Å². The number of benzene rings is 1. The second-order valence-electron chi connectivity index (χ2n) is 6.33. The lowest BCUT2D eigenvalue weighted by Gasteiger charge is -2.26. The Labute approximate surface area is 149 Å². The van der Waals surface area contributed by atoms with E-state index in [0.717, 1.165) is 44.5 Å². The Bertz CT molecular complexity index is 660. The van der Waals surface area contributed by atoms with Crippen molar-refractivity contribution in [3.63, 3.8) is 0 Å². The standard InChI is InChI=1S/C17H25ClN2O3S/c18-6-1-7-19-8-4-15-2-3-17(14-16(15)5-9-19)24(21,22)20-10-12-23-13-11-20/h2-3,14H,1,4-13H2. The highest BCUT2D eigenvalue weighted by Crippen LogP contribution is 2.23. The number of nitrogens with zero attached hydrogens (tertiary/aromatic N) is 2. The first-order valence-electron chi connectivity index (χ1n) is 8.59. The van der Waals surface area contributed by atoms with Crippen LogP contribution in [0.4, 0.5) is 0 Å². The molecule has 0 unspecified atom stereocenters. The molecular formula is C17H25ClN2O3S. The SMILES string of the molecule is O=S(=O)(c1ccc2c(c1)CCN(CCCCl)CC2)N1CCOCC1. The summed E-state index contributed by atoms with van der Waals surface area (Å²) in [6.07, 6.45) is 2.86. The minimum Gasteiger partial charge on any atom is -0.379 e. The summed E-state index contributed by atoms with van der Waals surface area (Å²) in [6, 6.07) is 5.64. The molecule has 3 rings (SSSR count). The number of rotatable bonds is 5. The molecular weight excluding hydrogens is 348 g/mol. The normalized spacial score (nSPS) is 20.5. The van der Waals surface area contributed by atoms with Crippen molar-refractivity contribution < 1.29 is 13.2 Å². The fraction of sp³-hybridized carbons (Fsp3) is 0.647. The fourth-order valence-corrected chi connectivity index (χ4v) is 4.93. The summed E-state index contributed by atoms with van der Waals surface area (Å²) in [5, 5.41) is 0. The number of halogens is 1. The average Bonchev–Trinajstić information content (AvgIpc) is 2.82. The molecule has 24 heavy (non-hydrogen) atoms. The van der Waals surface area contributed by atoms with E-state index in [1.807, 2.05) is 12.1 Å². The van der Waals surface area contributed by atoms with E-state index in [1.165, 1.54) is 9.87 Å². The van der Waals surface area contributed by atoms with E-state index in [0.29, 0.717) is 37.1 Å². The lowest BCUT2D eigenvalue weighted by molar-refractivity contribution is 0.0730. The maximum atomic E-state index is 12.8. The molecule has 5 nitrogen and oxygen atoms in total. The molecule has 1 aromatic rings. The topological polar surface area (TPSA) is 49.9 Å². The number of alkyl halides is 1. The lowest BCUT2D eigenvalue weighted by Crippen LogP contribution is -2.40. The maximum Gasteiger partial charge on any atom is 0.243 e. The smallest absolute Gasteiger partial charge is 0.243 e. The molecule has 0 aromatic heterocycles. The molecule has 0 aliphatic carbocycles. The summed E-state index contributed by atoms with van der Waals surface area (Å²) in [4.78, 5) is 2.83. The summed E-state index contributed by atoms with van der Waals surface area (Å²) < 4.78 is 32.4. The van der Waals surface area contributed by atoms with Gasteiger partial charge in [-0.15, -0.1) is 11.6 Å². The van der Waals surface area contributed by atoms with Gasteiger partial charge in [0.25, 0.3) is 0 Å². The van der Waals surface area contributed by atoms with Crippen LogP contribution in [-0.4, -0.2) is 69.4 Å². The summed E-state index contributed by atoms with van der Waals surface area (Å²) >= 11 is 5.79. The van der Waals surface area contributed by atoms with Gasteiger partial charge in [-0.25, -0.2) is 8.42 Å². The van der Waals surface area contributed by atoms with Crippen molar-refractivity contribution in [3.05, 3.63) is 29.3 Å². The minimum atomic E-state index is -3.41. The molecule has 0 saturated carbocycles. The van der Waals surface area contributed by atoms with Gasteiger partial charge >= 0.3 is 0 Å². The van der Waals surface area contributed by atoms with Crippen molar-refractivity contribution in [2.24, 2.45) is 0 Å². The summed E-state index contributed by atoms with van der Waals surface area (Å²) in [5.41, 5.74) is 2.43. The van der Waals surface area contributed by atoms with Crippen molar-refractivity contribution in [1.82, 2.24) is 9.21 Å². The average molecular weight is 373 g/mol. The lowest BCUT2D eigenvalue weighted by atomic mass is 10.0. The number of hydrogen-bond donors (Lipinski definition) is 0. The van der Waals surface area contributed by atoms with Crippen LogP contribution in [0.15, 0.2) is 23.1 Å². The van der Waals surface area contributed by atoms with Crippen LogP contribution in [0.3, 0.4) is 0 Å². The van der Waals surface area contributed by atoms with Crippen molar-refractivity contribution in [3.8, 4) is 0 Å². The van der Waals surface area contributed by atoms with Crippen LogP contribution in [0.1, 0.15) is 17.5 Å². The van der Waals surface area contributed by atoms with Crippen LogP contribution in [-0.2, 0) is 27.6 Å². The first kappa shape index (κ1) is 18.1. The van der Waals surface area contributed by atoms with Crippen molar-refractivity contribution in [1.29, 1.82) is 0 Å². The molecule has 1 fully saturated rings. The highest BCUT2D eigenvalue weighted by Gasteiger charge is 2.27. The van der Waals surface area contributed by atoms with Crippen LogP contribution in [0.5, 0.6) is 0 Å². The third kappa shape index (κ3) is 4.11. The van der Waals surface area contributed by atoms with Gasteiger partial charge in [-0.1, -0.05) is 6.07 Å². The van der Waals surface area contributed by atoms with Gasteiger partial charge in [-0.05, 0) is 49.1 Å². The molecule has 0 N–H and O–H groups in total. The van der Waals surface area contributed by atoms with Crippen LogP contribution >= 0.6 is 11.6 Å². The molecule has 0 atom stereocenters. The molecule has 1 saturated heterocycles. The van der Waals surface area contributed by atoms with Crippen LogP contribution in [0, 0.1) is 0 Å². The van der Waals surface area contributed by atoms with Gasteiger partial charge in [0.05, 0.1) is 18.1 Å². The number of fused-ring (bicyclic) bond motifs is 1. The van der Waals surface area contributed by atoms with Gasteiger partial charge in [-0.3, -0.25) is 0 Å². The molecule has 134 valence electrons. The van der Waals surface area contributed by atoms with Gasteiger partial charge in [0, 0.05) is 32.1 Å². The number of sulfonamides is 1. The van der Waals surface area contributed by atoms with Crippen molar-refractivity contribution >= 4 is 21.6 Å². The Morgan fingerprint density at radius 1 is 1.04 bits per heavy atom. The molecule has 2 aliphatic heterocycles. The van der Waals surface area contributed by atoms with E-state index in [-0.39, 0.29) is 0 Å². The van der Waals surface area contributed by atoms with E-state index in [1.54, 1.807) is 6.07 Å². The number of hydrogen-bond acceptors (Lipinski definition) is 4. The molecule has 7 heteroatoms. The number of ether oxygens (including phenoxy) is 1. The minimum absolute atomic E-state index is 0.414. The first-order chi connectivity index (χ1) is 11.6. The van der Waals surface area contributed by atoms with E-state index in [2.05, 4.69) is 4.90 Å². The largest absolute Gasteiger partial charge is 0.379 e. The van der Waals surface area contributed by atoms with Crippen LogP contribution in [0.25, 0.3) is 0 Å². The second kappa shape index (κ2) is 8.15. The highest BCUT2D eigenvalue weighted by atomic mass is 35.5. The predicted molar refractivity (Wildman–Crippen MR) is 95.2 cm³/mol. The zero-order chi connectivity index (χ0) is 17.0. The molecule has 0 radical (unpaired) electrons. The Hall–Kier alpha value is -0.660. The van der Waals surface area contributed by atoms with Crippen molar-refractivity contribution in [2.75, 3.05) is 51.8 Å². The molecule has 0 amide bonds. The third-order valence-electron chi connectivity index (χ3n) is 4.79. The van der Waals surface area contributed by atoms with E-state index < -0.39 is 10.0 Å². The van der Waals surface area contributed by atoms with E-state index >= 15 is 0 Å². The first-order valence-corrected chi connectivity index (χ1v) is 10.6. The summed E-state index contributed by atoms with van der Waals surface area (Å²) in [6.45, 7) is 4.80. The highest BCUT2D eigenvalue weighted by molar-refractivity contribution is 7.89. The van der Waals surface area contributed by atoms with E-state index in [4.69, 9.17) is 16.3 Å². The monoisotopic (exact) mass is 372 g/mol. The van der Waals surface area contributed by atoms with Crippen LogP contribution in [0.2, 0.25) is 0 Å². The van der Waals surface area contributed by atoms with Gasteiger partial charge in [0.1, 0.15) is 0 Å². The Morgan fingerprint density at radius 3 is 2.46 bits per heavy atom. The second-order valence-corrected chi connectivity index (χ2v) is 8.65. The fourth-order valence-electron chi connectivity index (χ4n) is 3.35. The Kier molecular flexibility index (Phi) is 6.16.